The minimum Gasteiger partial charge on any atom is -0.395 e. The summed E-state index contributed by atoms with van der Waals surface area (Å²) in [5, 5.41) is 12.4. The second kappa shape index (κ2) is 8.03. The minimum atomic E-state index is 0.248. The van der Waals surface area contributed by atoms with Crippen LogP contribution in [0, 0.1) is 5.41 Å². The van der Waals surface area contributed by atoms with Gasteiger partial charge in [0.05, 0.1) is 13.2 Å². The predicted molar refractivity (Wildman–Crippen MR) is 70.2 cm³/mol. The molecule has 0 spiro atoms. The first-order valence-electron chi connectivity index (χ1n) is 6.82. The number of hydrogen-bond donors (Lipinski definition) is 2. The van der Waals surface area contributed by atoms with Crippen molar-refractivity contribution in [2.45, 2.75) is 26.2 Å². The van der Waals surface area contributed by atoms with Gasteiger partial charge in [-0.15, -0.1) is 0 Å². The van der Waals surface area contributed by atoms with Crippen LogP contribution in [0.3, 0.4) is 0 Å². The van der Waals surface area contributed by atoms with Crippen molar-refractivity contribution in [2.75, 3.05) is 53.0 Å². The number of rotatable bonds is 9. The van der Waals surface area contributed by atoms with Crippen LogP contribution >= 0.6 is 0 Å². The molecule has 0 amide bonds. The minimum absolute atomic E-state index is 0.248. The first-order chi connectivity index (χ1) is 8.26. The Kier molecular flexibility index (Phi) is 7.04. The molecule has 17 heavy (non-hydrogen) atoms. The average Bonchev–Trinajstić information content (AvgIpc) is 2.75. The van der Waals surface area contributed by atoms with Gasteiger partial charge >= 0.3 is 0 Å². The van der Waals surface area contributed by atoms with E-state index in [1.165, 1.54) is 12.8 Å². The molecule has 0 aromatic rings. The quantitative estimate of drug-likeness (QED) is 0.627. The second-order valence-corrected chi connectivity index (χ2v) is 5.19. The number of unbranched alkanes of at least 4 members (excludes halogenated alkanes) is 1. The van der Waals surface area contributed by atoms with E-state index in [1.807, 2.05) is 7.05 Å². The lowest BCUT2D eigenvalue weighted by Gasteiger charge is -2.34. The van der Waals surface area contributed by atoms with E-state index in [0.29, 0.717) is 0 Å². The zero-order chi connectivity index (χ0) is 12.6. The van der Waals surface area contributed by atoms with Crippen molar-refractivity contribution in [2.24, 2.45) is 5.41 Å². The Morgan fingerprint density at radius 3 is 2.76 bits per heavy atom. The number of aliphatic hydroxyl groups excluding tert-OH is 1. The third kappa shape index (κ3) is 4.92. The van der Waals surface area contributed by atoms with Crippen LogP contribution in [-0.2, 0) is 4.74 Å². The fraction of sp³-hybridized carbons (Fsp3) is 1.00. The lowest BCUT2D eigenvalue weighted by Crippen LogP contribution is -2.45. The molecule has 1 aliphatic heterocycles. The molecule has 1 unspecified atom stereocenters. The van der Waals surface area contributed by atoms with Crippen molar-refractivity contribution >= 4 is 0 Å². The highest BCUT2D eigenvalue weighted by Crippen LogP contribution is 2.29. The molecule has 0 saturated carbocycles. The van der Waals surface area contributed by atoms with Gasteiger partial charge < -0.3 is 20.1 Å². The molecule has 102 valence electrons. The van der Waals surface area contributed by atoms with Gasteiger partial charge in [0.1, 0.15) is 0 Å². The zero-order valence-electron chi connectivity index (χ0n) is 11.4. The van der Waals surface area contributed by atoms with E-state index in [2.05, 4.69) is 17.1 Å². The molecule has 0 radical (unpaired) electrons. The van der Waals surface area contributed by atoms with Gasteiger partial charge in [-0.2, -0.15) is 0 Å². The monoisotopic (exact) mass is 244 g/mol. The molecule has 0 bridgehead atoms. The normalized spacial score (nSPS) is 24.7. The number of ether oxygens (including phenoxy) is 1. The Labute approximate surface area is 105 Å². The highest BCUT2D eigenvalue weighted by molar-refractivity contribution is 4.88. The highest BCUT2D eigenvalue weighted by Gasteiger charge is 2.35. The first-order valence-corrected chi connectivity index (χ1v) is 6.82. The lowest BCUT2D eigenvalue weighted by molar-refractivity contribution is 0.0972. The average molecular weight is 244 g/mol. The van der Waals surface area contributed by atoms with Gasteiger partial charge in [0.15, 0.2) is 0 Å². The Balaban J connectivity index is 2.48. The molecule has 1 saturated heterocycles. The van der Waals surface area contributed by atoms with Crippen LogP contribution in [0.4, 0.5) is 0 Å². The Morgan fingerprint density at radius 1 is 1.41 bits per heavy atom. The van der Waals surface area contributed by atoms with E-state index in [0.717, 1.165) is 45.8 Å². The van der Waals surface area contributed by atoms with Crippen LogP contribution in [0.1, 0.15) is 26.2 Å². The van der Waals surface area contributed by atoms with Gasteiger partial charge in [-0.3, -0.25) is 0 Å². The van der Waals surface area contributed by atoms with E-state index in [-0.39, 0.29) is 12.0 Å². The summed E-state index contributed by atoms with van der Waals surface area (Å²) in [5.41, 5.74) is 0.248. The molecule has 1 rings (SSSR count). The van der Waals surface area contributed by atoms with Crippen LogP contribution in [-0.4, -0.2) is 63.1 Å². The van der Waals surface area contributed by atoms with Gasteiger partial charge in [0, 0.05) is 31.7 Å². The summed E-state index contributed by atoms with van der Waals surface area (Å²) in [6, 6.07) is 0. The SMILES string of the molecule is CCCCN(CCO)CC1(CNC)CCOC1. The van der Waals surface area contributed by atoms with E-state index in [9.17, 15) is 0 Å². The van der Waals surface area contributed by atoms with Crippen molar-refractivity contribution in [1.29, 1.82) is 0 Å². The topological polar surface area (TPSA) is 44.7 Å². The summed E-state index contributed by atoms with van der Waals surface area (Å²) in [6.45, 7) is 8.09. The Hall–Kier alpha value is -0.160. The summed E-state index contributed by atoms with van der Waals surface area (Å²) >= 11 is 0. The van der Waals surface area contributed by atoms with Gasteiger partial charge in [-0.1, -0.05) is 13.3 Å². The van der Waals surface area contributed by atoms with Crippen molar-refractivity contribution in [1.82, 2.24) is 10.2 Å². The van der Waals surface area contributed by atoms with Crippen LogP contribution < -0.4 is 5.32 Å². The molecule has 4 heteroatoms. The molecule has 1 heterocycles. The highest BCUT2D eigenvalue weighted by atomic mass is 16.5. The van der Waals surface area contributed by atoms with Crippen LogP contribution in [0.25, 0.3) is 0 Å². The van der Waals surface area contributed by atoms with Crippen molar-refractivity contribution < 1.29 is 9.84 Å². The van der Waals surface area contributed by atoms with Gasteiger partial charge in [0.2, 0.25) is 0 Å². The Bertz CT molecular complexity index is 194. The van der Waals surface area contributed by atoms with Gasteiger partial charge in [0.25, 0.3) is 0 Å². The predicted octanol–water partition coefficient (Wildman–Crippen LogP) is 0.707. The second-order valence-electron chi connectivity index (χ2n) is 5.19. The van der Waals surface area contributed by atoms with Crippen LogP contribution in [0.2, 0.25) is 0 Å². The molecular weight excluding hydrogens is 216 g/mol. The molecule has 0 aromatic carbocycles. The van der Waals surface area contributed by atoms with Crippen molar-refractivity contribution in [3.63, 3.8) is 0 Å². The van der Waals surface area contributed by atoms with Crippen LogP contribution in [0.15, 0.2) is 0 Å². The van der Waals surface area contributed by atoms with Crippen molar-refractivity contribution in [3.05, 3.63) is 0 Å². The third-order valence-corrected chi connectivity index (χ3v) is 3.54. The van der Waals surface area contributed by atoms with Gasteiger partial charge in [-0.05, 0) is 26.4 Å². The molecule has 1 aliphatic rings. The van der Waals surface area contributed by atoms with E-state index in [4.69, 9.17) is 9.84 Å². The Morgan fingerprint density at radius 2 is 2.24 bits per heavy atom. The van der Waals surface area contributed by atoms with E-state index in [1.54, 1.807) is 0 Å². The summed E-state index contributed by atoms with van der Waals surface area (Å²) in [5.74, 6) is 0. The molecule has 4 nitrogen and oxygen atoms in total. The molecule has 0 aromatic heterocycles. The molecular formula is C13H28N2O2. The standard InChI is InChI=1S/C13H28N2O2/c1-3-4-6-15(7-8-16)11-13(10-14-2)5-9-17-12-13/h14,16H,3-12H2,1-2H3. The molecule has 1 fully saturated rings. The number of nitrogens with one attached hydrogen (secondary N) is 1. The van der Waals surface area contributed by atoms with E-state index >= 15 is 0 Å². The zero-order valence-corrected chi connectivity index (χ0v) is 11.4. The summed E-state index contributed by atoms with van der Waals surface area (Å²) < 4.78 is 5.57. The van der Waals surface area contributed by atoms with Crippen LogP contribution in [0.5, 0.6) is 0 Å². The smallest absolute Gasteiger partial charge is 0.0558 e. The maximum atomic E-state index is 9.14. The summed E-state index contributed by atoms with van der Waals surface area (Å²) in [4.78, 5) is 2.38. The molecule has 0 aliphatic carbocycles. The number of hydrogen-bond acceptors (Lipinski definition) is 4. The molecule has 2 N–H and O–H groups in total. The summed E-state index contributed by atoms with van der Waals surface area (Å²) in [6.07, 6.45) is 3.54. The number of nitrogens with zero attached hydrogens (tertiary/aromatic N) is 1. The van der Waals surface area contributed by atoms with Crippen molar-refractivity contribution in [3.8, 4) is 0 Å². The molecule has 1 atom stereocenters. The first kappa shape index (κ1) is 14.9. The number of aliphatic hydroxyl groups is 1. The van der Waals surface area contributed by atoms with E-state index < -0.39 is 0 Å². The fourth-order valence-electron chi connectivity index (χ4n) is 2.61. The fourth-order valence-corrected chi connectivity index (χ4v) is 2.61. The largest absolute Gasteiger partial charge is 0.395 e. The summed E-state index contributed by atoms with van der Waals surface area (Å²) in [7, 11) is 2.00. The third-order valence-electron chi connectivity index (χ3n) is 3.54. The maximum absolute atomic E-state index is 9.14. The maximum Gasteiger partial charge on any atom is 0.0558 e. The lowest BCUT2D eigenvalue weighted by atomic mass is 9.86. The van der Waals surface area contributed by atoms with Gasteiger partial charge in [-0.25, -0.2) is 0 Å².